The van der Waals surface area contributed by atoms with E-state index in [0.717, 1.165) is 17.1 Å². The van der Waals surface area contributed by atoms with Gasteiger partial charge in [0.2, 0.25) is 10.0 Å². The molecule has 0 atom stereocenters. The van der Waals surface area contributed by atoms with Crippen molar-refractivity contribution in [3.05, 3.63) is 60.7 Å². The third kappa shape index (κ3) is 4.33. The highest BCUT2D eigenvalue weighted by Crippen LogP contribution is 2.31. The third-order valence-electron chi connectivity index (χ3n) is 5.28. The van der Waals surface area contributed by atoms with Crippen LogP contribution in [0, 0.1) is 0 Å². The number of rotatable bonds is 6. The van der Waals surface area contributed by atoms with Crippen LogP contribution in [0.5, 0.6) is 11.5 Å². The fraction of sp³-hybridized carbons (Fsp3) is 0.273. The van der Waals surface area contributed by atoms with Crippen molar-refractivity contribution in [1.29, 1.82) is 0 Å². The number of nitrogens with zero attached hydrogens (tertiary/aromatic N) is 4. The summed E-state index contributed by atoms with van der Waals surface area (Å²) in [6.07, 6.45) is 0. The van der Waals surface area contributed by atoms with Crippen LogP contribution in [0.25, 0.3) is 11.3 Å². The summed E-state index contributed by atoms with van der Waals surface area (Å²) in [4.78, 5) is 2.23. The van der Waals surface area contributed by atoms with E-state index in [9.17, 15) is 8.42 Å². The molecule has 2 aromatic carbocycles. The summed E-state index contributed by atoms with van der Waals surface area (Å²) in [6, 6.07) is 18.4. The average Bonchev–Trinajstić information content (AvgIpc) is 2.84. The highest BCUT2D eigenvalue weighted by atomic mass is 32.2. The Balaban J connectivity index is 1.44. The molecule has 0 N–H and O–H groups in total. The molecule has 0 spiro atoms. The van der Waals surface area contributed by atoms with E-state index in [1.807, 2.05) is 47.4 Å². The van der Waals surface area contributed by atoms with Crippen molar-refractivity contribution in [2.24, 2.45) is 0 Å². The van der Waals surface area contributed by atoms with Crippen LogP contribution in [0.1, 0.15) is 0 Å². The number of piperazine rings is 1. The summed E-state index contributed by atoms with van der Waals surface area (Å²) >= 11 is 0. The lowest BCUT2D eigenvalue weighted by molar-refractivity contribution is 0.353. The zero-order valence-corrected chi connectivity index (χ0v) is 18.2. The molecule has 0 unspecified atom stereocenters. The van der Waals surface area contributed by atoms with Gasteiger partial charge in [0.05, 0.1) is 24.8 Å². The maximum absolute atomic E-state index is 13.1. The summed E-state index contributed by atoms with van der Waals surface area (Å²) in [5.74, 6) is 1.61. The van der Waals surface area contributed by atoms with Crippen molar-refractivity contribution in [2.75, 3.05) is 45.3 Å². The number of anilines is 1. The number of ether oxygens (including phenoxy) is 2. The van der Waals surface area contributed by atoms with Crippen molar-refractivity contribution in [3.8, 4) is 22.8 Å². The lowest BCUT2D eigenvalue weighted by atomic mass is 10.1. The number of aromatic nitrogens is 2. The van der Waals surface area contributed by atoms with E-state index in [2.05, 4.69) is 10.2 Å². The van der Waals surface area contributed by atoms with Gasteiger partial charge in [-0.2, -0.15) is 4.31 Å². The molecular weight excluding hydrogens is 416 g/mol. The van der Waals surface area contributed by atoms with Crippen LogP contribution >= 0.6 is 0 Å². The number of methoxy groups -OCH3 is 2. The molecular formula is C22H24N4O4S. The van der Waals surface area contributed by atoms with Crippen LogP contribution < -0.4 is 14.4 Å². The largest absolute Gasteiger partial charge is 0.493 e. The molecule has 1 fully saturated rings. The van der Waals surface area contributed by atoms with Gasteiger partial charge in [-0.15, -0.1) is 10.2 Å². The zero-order valence-electron chi connectivity index (χ0n) is 17.4. The van der Waals surface area contributed by atoms with Crippen LogP contribution in [0.4, 0.5) is 5.82 Å². The number of sulfonamides is 1. The summed E-state index contributed by atoms with van der Waals surface area (Å²) in [6.45, 7) is 1.79. The maximum Gasteiger partial charge on any atom is 0.243 e. The molecule has 162 valence electrons. The van der Waals surface area contributed by atoms with E-state index in [1.54, 1.807) is 6.07 Å². The Labute approximate surface area is 182 Å². The van der Waals surface area contributed by atoms with Crippen LogP contribution in [0.15, 0.2) is 65.6 Å². The first-order valence-electron chi connectivity index (χ1n) is 9.89. The van der Waals surface area contributed by atoms with Gasteiger partial charge in [-0.05, 0) is 24.3 Å². The van der Waals surface area contributed by atoms with Crippen LogP contribution in [-0.4, -0.2) is 63.3 Å². The van der Waals surface area contributed by atoms with E-state index in [4.69, 9.17) is 9.47 Å². The fourth-order valence-corrected chi connectivity index (χ4v) is 4.98. The molecule has 0 amide bonds. The van der Waals surface area contributed by atoms with Gasteiger partial charge in [-0.1, -0.05) is 30.3 Å². The van der Waals surface area contributed by atoms with Crippen molar-refractivity contribution >= 4 is 15.8 Å². The van der Waals surface area contributed by atoms with Crippen molar-refractivity contribution in [2.45, 2.75) is 4.90 Å². The monoisotopic (exact) mass is 440 g/mol. The first-order chi connectivity index (χ1) is 15.0. The first-order valence-corrected chi connectivity index (χ1v) is 11.3. The van der Waals surface area contributed by atoms with Gasteiger partial charge in [0.1, 0.15) is 0 Å². The summed E-state index contributed by atoms with van der Waals surface area (Å²) in [5.41, 5.74) is 1.81. The molecule has 3 aromatic rings. The Morgan fingerprint density at radius 1 is 0.806 bits per heavy atom. The molecule has 1 aromatic heterocycles. The van der Waals surface area contributed by atoms with Gasteiger partial charge < -0.3 is 14.4 Å². The minimum Gasteiger partial charge on any atom is -0.493 e. The summed E-state index contributed by atoms with van der Waals surface area (Å²) in [5, 5.41) is 8.67. The Morgan fingerprint density at radius 2 is 1.52 bits per heavy atom. The van der Waals surface area contributed by atoms with Gasteiger partial charge >= 0.3 is 0 Å². The van der Waals surface area contributed by atoms with Crippen LogP contribution in [-0.2, 0) is 10.0 Å². The Hall–Kier alpha value is -3.17. The smallest absolute Gasteiger partial charge is 0.243 e. The van der Waals surface area contributed by atoms with E-state index in [-0.39, 0.29) is 4.90 Å². The minimum atomic E-state index is -3.63. The lowest BCUT2D eigenvalue weighted by Gasteiger charge is -2.34. The van der Waals surface area contributed by atoms with E-state index in [1.165, 1.54) is 30.7 Å². The number of hydrogen-bond acceptors (Lipinski definition) is 7. The predicted octanol–water partition coefficient (Wildman–Crippen LogP) is 2.67. The van der Waals surface area contributed by atoms with E-state index in [0.29, 0.717) is 37.7 Å². The van der Waals surface area contributed by atoms with E-state index < -0.39 is 10.0 Å². The first kappa shape index (κ1) is 21.1. The SMILES string of the molecule is COc1ccc(S(=O)(=O)N2CCN(c3ccc(-c4ccccc4)nn3)CC2)cc1OC. The predicted molar refractivity (Wildman–Crippen MR) is 118 cm³/mol. The fourth-order valence-electron chi connectivity index (χ4n) is 3.54. The highest BCUT2D eigenvalue weighted by molar-refractivity contribution is 7.89. The second-order valence-electron chi connectivity index (χ2n) is 7.05. The number of hydrogen-bond donors (Lipinski definition) is 0. The second-order valence-corrected chi connectivity index (χ2v) is 8.99. The summed E-state index contributed by atoms with van der Waals surface area (Å²) in [7, 11) is -0.635. The average molecular weight is 441 g/mol. The van der Waals surface area contributed by atoms with Crippen molar-refractivity contribution in [3.63, 3.8) is 0 Å². The van der Waals surface area contributed by atoms with E-state index >= 15 is 0 Å². The molecule has 0 saturated carbocycles. The normalized spacial score (nSPS) is 15.0. The molecule has 9 heteroatoms. The molecule has 1 aliphatic heterocycles. The molecule has 0 bridgehead atoms. The molecule has 4 rings (SSSR count). The van der Waals surface area contributed by atoms with Crippen molar-refractivity contribution < 1.29 is 17.9 Å². The maximum atomic E-state index is 13.1. The molecule has 31 heavy (non-hydrogen) atoms. The van der Waals surface area contributed by atoms with Crippen LogP contribution in [0.2, 0.25) is 0 Å². The molecule has 0 radical (unpaired) electrons. The molecule has 1 saturated heterocycles. The zero-order chi connectivity index (χ0) is 21.8. The second kappa shape index (κ2) is 8.91. The molecule has 2 heterocycles. The standard InChI is InChI=1S/C22H24N4O4S/c1-29-20-10-8-18(16-21(20)30-2)31(27,28)26-14-12-25(13-15-26)22-11-9-19(23-24-22)17-6-4-3-5-7-17/h3-11,16H,12-15H2,1-2H3. The van der Waals surface area contributed by atoms with Gasteiger partial charge in [0.15, 0.2) is 17.3 Å². The molecule has 0 aliphatic carbocycles. The lowest BCUT2D eigenvalue weighted by Crippen LogP contribution is -2.49. The van der Waals surface area contributed by atoms with Gasteiger partial charge in [0, 0.05) is 37.8 Å². The summed E-state index contributed by atoms with van der Waals surface area (Å²) < 4.78 is 38.1. The van der Waals surface area contributed by atoms with Crippen LogP contribution in [0.3, 0.4) is 0 Å². The topological polar surface area (TPSA) is 84.9 Å². The quantitative estimate of drug-likeness (QED) is 0.583. The van der Waals surface area contributed by atoms with Crippen molar-refractivity contribution in [1.82, 2.24) is 14.5 Å². The van der Waals surface area contributed by atoms with Gasteiger partial charge in [-0.3, -0.25) is 0 Å². The molecule has 1 aliphatic rings. The van der Waals surface area contributed by atoms with Gasteiger partial charge in [0.25, 0.3) is 0 Å². The highest BCUT2D eigenvalue weighted by Gasteiger charge is 2.29. The van der Waals surface area contributed by atoms with Gasteiger partial charge in [-0.25, -0.2) is 8.42 Å². The Kier molecular flexibility index (Phi) is 6.06. The third-order valence-corrected chi connectivity index (χ3v) is 7.17. The number of benzene rings is 2. The molecule has 8 nitrogen and oxygen atoms in total. The minimum absolute atomic E-state index is 0.186. The Morgan fingerprint density at radius 3 is 2.13 bits per heavy atom. The Bertz CT molecular complexity index is 1130.